The summed E-state index contributed by atoms with van der Waals surface area (Å²) in [7, 11) is -0.863. The van der Waals surface area contributed by atoms with Crippen LogP contribution in [0.4, 0.5) is 0 Å². The second-order valence-electron chi connectivity index (χ2n) is 7.87. The molecule has 0 radical (unpaired) electrons. The molecule has 0 aromatic heterocycles. The fraction of sp³-hybridized carbons (Fsp3) is 0.500. The van der Waals surface area contributed by atoms with Crippen LogP contribution in [0.5, 0.6) is 0 Å². The molecule has 25 heavy (non-hydrogen) atoms. The molecule has 0 aliphatic heterocycles. The van der Waals surface area contributed by atoms with Gasteiger partial charge >= 0.3 is 5.97 Å². The standard InChI is InChI=1S/C20H30O4Si/c1-19(2,3)25(5,6)20(15-21,13-12-18(22)23-4)16-24-14-17-10-8-7-9-11-17/h7-13,15H,14,16H2,1-6H3/b13-12-. The second kappa shape index (κ2) is 8.58. The minimum Gasteiger partial charge on any atom is -0.466 e. The number of aldehydes is 1. The number of ether oxygens (including phenoxy) is 2. The lowest BCUT2D eigenvalue weighted by atomic mass is 10.1. The third-order valence-corrected chi connectivity index (χ3v) is 11.9. The van der Waals surface area contributed by atoms with Gasteiger partial charge in [0.15, 0.2) is 0 Å². The number of carbonyl (C=O) groups excluding carboxylic acids is 2. The average Bonchev–Trinajstić information content (AvgIpc) is 2.57. The minimum absolute atomic E-state index is 0.0511. The normalized spacial score (nSPS) is 15.0. The fourth-order valence-corrected chi connectivity index (χ4v) is 5.21. The van der Waals surface area contributed by atoms with Gasteiger partial charge in [0.1, 0.15) is 6.29 Å². The van der Waals surface area contributed by atoms with Gasteiger partial charge < -0.3 is 14.3 Å². The summed E-state index contributed by atoms with van der Waals surface area (Å²) in [5.74, 6) is -0.465. The summed E-state index contributed by atoms with van der Waals surface area (Å²) < 4.78 is 10.6. The first-order valence-electron chi connectivity index (χ1n) is 8.45. The molecule has 0 aliphatic carbocycles. The number of hydrogen-bond acceptors (Lipinski definition) is 4. The maximum atomic E-state index is 12.2. The van der Waals surface area contributed by atoms with E-state index in [1.165, 1.54) is 13.2 Å². The summed E-state index contributed by atoms with van der Waals surface area (Å²) in [5.41, 5.74) is 1.05. The Morgan fingerprint density at radius 3 is 2.24 bits per heavy atom. The maximum absolute atomic E-state index is 12.2. The Morgan fingerprint density at radius 1 is 1.16 bits per heavy atom. The Hall–Kier alpha value is -1.72. The van der Waals surface area contributed by atoms with Gasteiger partial charge in [-0.2, -0.15) is 0 Å². The maximum Gasteiger partial charge on any atom is 0.330 e. The van der Waals surface area contributed by atoms with Crippen molar-refractivity contribution in [3.05, 3.63) is 48.0 Å². The average molecular weight is 363 g/mol. The van der Waals surface area contributed by atoms with Crippen molar-refractivity contribution >= 4 is 20.3 Å². The zero-order valence-corrected chi connectivity index (χ0v) is 17.2. The van der Waals surface area contributed by atoms with Crippen molar-refractivity contribution in [2.75, 3.05) is 13.7 Å². The van der Waals surface area contributed by atoms with Gasteiger partial charge in [-0.1, -0.05) is 70.3 Å². The number of hydrogen-bond donors (Lipinski definition) is 0. The van der Waals surface area contributed by atoms with E-state index in [1.807, 2.05) is 30.3 Å². The van der Waals surface area contributed by atoms with E-state index in [2.05, 4.69) is 33.9 Å². The molecular formula is C20H30O4Si. The van der Waals surface area contributed by atoms with Crippen LogP contribution in [0.2, 0.25) is 23.2 Å². The van der Waals surface area contributed by atoms with Crippen LogP contribution >= 0.6 is 0 Å². The van der Waals surface area contributed by atoms with Crippen LogP contribution < -0.4 is 0 Å². The molecule has 1 aromatic carbocycles. The van der Waals surface area contributed by atoms with Crippen LogP contribution in [-0.4, -0.2) is 34.0 Å². The molecule has 0 N–H and O–H groups in total. The highest BCUT2D eigenvalue weighted by Gasteiger charge is 2.52. The van der Waals surface area contributed by atoms with Gasteiger partial charge in [0.05, 0.1) is 33.4 Å². The molecule has 0 spiro atoms. The molecule has 0 fully saturated rings. The Balaban J connectivity index is 3.10. The molecule has 0 aliphatic rings. The largest absolute Gasteiger partial charge is 0.466 e. The number of carbonyl (C=O) groups is 2. The Labute approximate surface area is 152 Å². The molecular weight excluding hydrogens is 332 g/mol. The molecule has 1 aromatic rings. The van der Waals surface area contributed by atoms with E-state index in [4.69, 9.17) is 9.47 Å². The van der Waals surface area contributed by atoms with Gasteiger partial charge in [-0.3, -0.25) is 0 Å². The predicted molar refractivity (Wildman–Crippen MR) is 103 cm³/mol. The molecule has 1 unspecified atom stereocenters. The molecule has 0 saturated heterocycles. The smallest absolute Gasteiger partial charge is 0.330 e. The molecule has 0 amide bonds. The topological polar surface area (TPSA) is 52.6 Å². The van der Waals surface area contributed by atoms with Crippen LogP contribution in [0.25, 0.3) is 0 Å². The van der Waals surface area contributed by atoms with E-state index >= 15 is 0 Å². The van der Waals surface area contributed by atoms with E-state index in [9.17, 15) is 9.59 Å². The lowest BCUT2D eigenvalue weighted by molar-refractivity contribution is -0.134. The van der Waals surface area contributed by atoms with Crippen LogP contribution in [0.1, 0.15) is 26.3 Å². The zero-order chi connectivity index (χ0) is 19.1. The quantitative estimate of drug-likeness (QED) is 0.298. The highest BCUT2D eigenvalue weighted by Crippen LogP contribution is 2.51. The number of benzene rings is 1. The van der Waals surface area contributed by atoms with Gasteiger partial charge in [0.25, 0.3) is 0 Å². The Kier molecular flexibility index (Phi) is 7.32. The highest BCUT2D eigenvalue weighted by molar-refractivity contribution is 6.86. The third-order valence-electron chi connectivity index (χ3n) is 5.42. The Bertz CT molecular complexity index is 602. The van der Waals surface area contributed by atoms with Crippen LogP contribution in [0.15, 0.2) is 42.5 Å². The van der Waals surface area contributed by atoms with Gasteiger partial charge in [-0.15, -0.1) is 0 Å². The lowest BCUT2D eigenvalue weighted by Gasteiger charge is -2.48. The van der Waals surface area contributed by atoms with Gasteiger partial charge in [0.2, 0.25) is 0 Å². The number of methoxy groups -OCH3 is 1. The highest BCUT2D eigenvalue weighted by atomic mass is 28.3. The van der Waals surface area contributed by atoms with Crippen molar-refractivity contribution in [3.63, 3.8) is 0 Å². The third kappa shape index (κ3) is 5.12. The van der Waals surface area contributed by atoms with Crippen molar-refractivity contribution in [3.8, 4) is 0 Å². The summed E-state index contributed by atoms with van der Waals surface area (Å²) in [6.07, 6.45) is 3.99. The first-order chi connectivity index (χ1) is 11.6. The van der Waals surface area contributed by atoms with E-state index in [1.54, 1.807) is 6.08 Å². The first-order valence-corrected chi connectivity index (χ1v) is 11.4. The summed E-state index contributed by atoms with van der Waals surface area (Å²) >= 11 is 0. The molecule has 5 heteroatoms. The monoisotopic (exact) mass is 362 g/mol. The molecule has 1 rings (SSSR count). The van der Waals surface area contributed by atoms with Gasteiger partial charge in [0, 0.05) is 6.08 Å². The van der Waals surface area contributed by atoms with Crippen molar-refractivity contribution in [2.24, 2.45) is 0 Å². The van der Waals surface area contributed by atoms with Crippen molar-refractivity contribution < 1.29 is 19.1 Å². The van der Waals surface area contributed by atoms with E-state index < -0.39 is 19.1 Å². The summed E-state index contributed by atoms with van der Waals surface area (Å²) in [5, 5.41) is -0.862. The first kappa shape index (κ1) is 21.3. The Morgan fingerprint density at radius 2 is 1.76 bits per heavy atom. The minimum atomic E-state index is -2.19. The fourth-order valence-electron chi connectivity index (χ4n) is 2.55. The zero-order valence-electron chi connectivity index (χ0n) is 16.2. The molecule has 138 valence electrons. The van der Waals surface area contributed by atoms with E-state index in [0.29, 0.717) is 6.61 Å². The summed E-state index contributed by atoms with van der Waals surface area (Å²) in [4.78, 5) is 23.8. The van der Waals surface area contributed by atoms with Gasteiger partial charge in [-0.25, -0.2) is 4.79 Å². The molecule has 1 atom stereocenters. The molecule has 0 bridgehead atoms. The predicted octanol–water partition coefficient (Wildman–Crippen LogP) is 4.38. The summed E-state index contributed by atoms with van der Waals surface area (Å²) in [6, 6.07) is 9.83. The summed E-state index contributed by atoms with van der Waals surface area (Å²) in [6.45, 7) is 11.4. The van der Waals surface area contributed by atoms with Crippen LogP contribution in [0.3, 0.4) is 0 Å². The van der Waals surface area contributed by atoms with E-state index in [0.717, 1.165) is 11.8 Å². The molecule has 0 heterocycles. The number of rotatable bonds is 8. The van der Waals surface area contributed by atoms with Crippen LogP contribution in [-0.2, 0) is 25.7 Å². The van der Waals surface area contributed by atoms with Crippen LogP contribution in [0, 0.1) is 0 Å². The van der Waals surface area contributed by atoms with E-state index in [-0.39, 0.29) is 11.6 Å². The van der Waals surface area contributed by atoms with Gasteiger partial charge in [-0.05, 0) is 10.6 Å². The number of esters is 1. The molecule has 4 nitrogen and oxygen atoms in total. The second-order valence-corrected chi connectivity index (χ2v) is 13.5. The van der Waals surface area contributed by atoms with Crippen molar-refractivity contribution in [1.82, 2.24) is 0 Å². The lowest BCUT2D eigenvalue weighted by Crippen LogP contribution is -2.52. The van der Waals surface area contributed by atoms with Crippen molar-refractivity contribution in [1.29, 1.82) is 0 Å². The van der Waals surface area contributed by atoms with Crippen molar-refractivity contribution in [2.45, 2.75) is 50.5 Å². The molecule has 0 saturated carbocycles. The SMILES string of the molecule is COC(=O)/C=C\C(C=O)(COCc1ccccc1)[Si](C)(C)C(C)(C)C.